The van der Waals surface area contributed by atoms with Crippen molar-refractivity contribution < 1.29 is 17.6 Å². The van der Waals surface area contributed by atoms with E-state index < -0.39 is 15.9 Å². The van der Waals surface area contributed by atoms with Crippen LogP contribution in [-0.2, 0) is 10.0 Å². The van der Waals surface area contributed by atoms with Crippen LogP contribution in [0.5, 0.6) is 0 Å². The topological polar surface area (TPSA) is 105 Å². The van der Waals surface area contributed by atoms with Gasteiger partial charge in [0.05, 0.1) is 4.90 Å². The van der Waals surface area contributed by atoms with E-state index in [4.69, 9.17) is 4.42 Å². The maximum Gasteiger partial charge on any atom is 0.322 e. The van der Waals surface area contributed by atoms with Crippen molar-refractivity contribution in [3.63, 3.8) is 0 Å². The highest BCUT2D eigenvalue weighted by atomic mass is 32.2. The molecule has 0 bridgehead atoms. The molecule has 2 heterocycles. The molecule has 1 aliphatic rings. The van der Waals surface area contributed by atoms with Crippen LogP contribution in [-0.4, -0.2) is 41.9 Å². The number of aromatic nitrogens is 2. The molecule has 9 heteroatoms. The van der Waals surface area contributed by atoms with E-state index in [1.54, 1.807) is 6.92 Å². The Morgan fingerprint density at radius 2 is 1.79 bits per heavy atom. The van der Waals surface area contributed by atoms with Crippen LogP contribution in [0.15, 0.2) is 33.6 Å². The summed E-state index contributed by atoms with van der Waals surface area (Å²) in [6, 6.07) is 5.82. The Kier molecular flexibility index (Phi) is 4.63. The molecule has 2 aromatic rings. The Morgan fingerprint density at radius 3 is 2.38 bits per heavy atom. The van der Waals surface area contributed by atoms with E-state index in [1.165, 1.54) is 28.6 Å². The Hall–Kier alpha value is -2.26. The lowest BCUT2D eigenvalue weighted by Crippen LogP contribution is -2.35. The number of benzene rings is 1. The van der Waals surface area contributed by atoms with Gasteiger partial charge in [-0.1, -0.05) is 11.5 Å². The number of rotatable bonds is 4. The van der Waals surface area contributed by atoms with Gasteiger partial charge in [-0.15, -0.1) is 5.10 Å². The Bertz CT molecular complexity index is 823. The Labute approximate surface area is 139 Å². The largest absolute Gasteiger partial charge is 0.408 e. The monoisotopic (exact) mass is 350 g/mol. The van der Waals surface area contributed by atoms with Crippen molar-refractivity contribution in [2.45, 2.75) is 31.1 Å². The highest BCUT2D eigenvalue weighted by molar-refractivity contribution is 7.89. The van der Waals surface area contributed by atoms with Crippen LogP contribution in [0.4, 0.5) is 6.01 Å². The van der Waals surface area contributed by atoms with Gasteiger partial charge in [0, 0.05) is 25.6 Å². The summed E-state index contributed by atoms with van der Waals surface area (Å²) in [5.41, 5.74) is 0.309. The molecule has 0 saturated carbocycles. The van der Waals surface area contributed by atoms with Crippen LogP contribution < -0.4 is 5.32 Å². The lowest BCUT2D eigenvalue weighted by Gasteiger charge is -2.25. The maximum atomic E-state index is 12.6. The Balaban J connectivity index is 1.73. The average Bonchev–Trinajstić information content (AvgIpc) is 3.00. The minimum Gasteiger partial charge on any atom is -0.408 e. The van der Waals surface area contributed by atoms with Crippen LogP contribution in [0.25, 0.3) is 0 Å². The summed E-state index contributed by atoms with van der Waals surface area (Å²) in [4.78, 5) is 12.3. The van der Waals surface area contributed by atoms with Crippen molar-refractivity contribution in [2.75, 3.05) is 18.4 Å². The van der Waals surface area contributed by atoms with Gasteiger partial charge in [0.15, 0.2) is 0 Å². The standard InChI is InChI=1S/C15H18N4O4S/c1-11-17-18-15(23-11)16-14(20)12-5-7-13(8-6-12)24(21,22)19-9-3-2-4-10-19/h5-8H,2-4,9-10H2,1H3,(H,16,18,20). The van der Waals surface area contributed by atoms with E-state index in [9.17, 15) is 13.2 Å². The van der Waals surface area contributed by atoms with Crippen molar-refractivity contribution in [1.82, 2.24) is 14.5 Å². The van der Waals surface area contributed by atoms with Crippen molar-refractivity contribution in [2.24, 2.45) is 0 Å². The normalized spacial score (nSPS) is 16.0. The summed E-state index contributed by atoms with van der Waals surface area (Å²) in [7, 11) is -3.50. The first-order valence-electron chi connectivity index (χ1n) is 7.68. The van der Waals surface area contributed by atoms with Crippen LogP contribution >= 0.6 is 0 Å². The summed E-state index contributed by atoms with van der Waals surface area (Å²) in [5, 5.41) is 9.75. The van der Waals surface area contributed by atoms with E-state index in [1.807, 2.05) is 0 Å². The third-order valence-corrected chi connectivity index (χ3v) is 5.73. The molecule has 1 N–H and O–H groups in total. The first kappa shape index (κ1) is 16.6. The highest BCUT2D eigenvalue weighted by Gasteiger charge is 2.26. The Morgan fingerprint density at radius 1 is 1.12 bits per heavy atom. The number of hydrogen-bond donors (Lipinski definition) is 1. The molecule has 1 fully saturated rings. The molecule has 24 heavy (non-hydrogen) atoms. The zero-order valence-electron chi connectivity index (χ0n) is 13.2. The number of nitrogens with zero attached hydrogens (tertiary/aromatic N) is 3. The van der Waals surface area contributed by atoms with Gasteiger partial charge in [-0.25, -0.2) is 8.42 Å². The number of piperidine rings is 1. The molecule has 0 spiro atoms. The minimum absolute atomic E-state index is 0.00233. The highest BCUT2D eigenvalue weighted by Crippen LogP contribution is 2.21. The molecular formula is C15H18N4O4S. The summed E-state index contributed by atoms with van der Waals surface area (Å²) in [6.07, 6.45) is 2.81. The summed E-state index contributed by atoms with van der Waals surface area (Å²) in [6.45, 7) is 2.70. The number of amides is 1. The number of sulfonamides is 1. The van der Waals surface area contributed by atoms with Gasteiger partial charge in [0.25, 0.3) is 5.91 Å². The fourth-order valence-electron chi connectivity index (χ4n) is 2.55. The zero-order chi connectivity index (χ0) is 17.2. The van der Waals surface area contributed by atoms with Gasteiger partial charge in [-0.2, -0.15) is 4.31 Å². The molecule has 0 unspecified atom stereocenters. The van der Waals surface area contributed by atoms with Gasteiger partial charge in [-0.3, -0.25) is 10.1 Å². The summed E-state index contributed by atoms with van der Waals surface area (Å²) in [5.74, 6) is -0.103. The van der Waals surface area contributed by atoms with E-state index in [-0.39, 0.29) is 10.9 Å². The molecule has 1 aliphatic heterocycles. The fraction of sp³-hybridized carbons (Fsp3) is 0.400. The predicted octanol–water partition coefficient (Wildman–Crippen LogP) is 1.80. The molecule has 3 rings (SSSR count). The molecule has 128 valence electrons. The van der Waals surface area contributed by atoms with Gasteiger partial charge in [0.1, 0.15) is 0 Å². The second-order valence-electron chi connectivity index (χ2n) is 5.57. The average molecular weight is 350 g/mol. The molecule has 1 aromatic heterocycles. The van der Waals surface area contributed by atoms with Gasteiger partial charge >= 0.3 is 6.01 Å². The fourth-order valence-corrected chi connectivity index (χ4v) is 4.07. The second-order valence-corrected chi connectivity index (χ2v) is 7.51. The van der Waals surface area contributed by atoms with Crippen molar-refractivity contribution >= 4 is 21.9 Å². The van der Waals surface area contributed by atoms with Crippen LogP contribution in [0.3, 0.4) is 0 Å². The van der Waals surface area contributed by atoms with Crippen molar-refractivity contribution in [3.8, 4) is 0 Å². The molecule has 1 amide bonds. The summed E-state index contributed by atoms with van der Waals surface area (Å²) < 4.78 is 31.7. The SMILES string of the molecule is Cc1nnc(NC(=O)c2ccc(S(=O)(=O)N3CCCCC3)cc2)o1. The number of hydrogen-bond acceptors (Lipinski definition) is 6. The molecular weight excluding hydrogens is 332 g/mol. The van der Waals surface area contributed by atoms with E-state index in [0.717, 1.165) is 19.3 Å². The van der Waals surface area contributed by atoms with Crippen LogP contribution in [0, 0.1) is 6.92 Å². The number of nitrogens with one attached hydrogen (secondary N) is 1. The minimum atomic E-state index is -3.50. The first-order chi connectivity index (χ1) is 11.5. The zero-order valence-corrected chi connectivity index (χ0v) is 14.0. The van der Waals surface area contributed by atoms with Gasteiger partial charge in [0.2, 0.25) is 15.9 Å². The number of aryl methyl sites for hydroxylation is 1. The molecule has 0 aliphatic carbocycles. The lowest BCUT2D eigenvalue weighted by atomic mass is 10.2. The summed E-state index contributed by atoms with van der Waals surface area (Å²) >= 11 is 0. The third-order valence-electron chi connectivity index (χ3n) is 3.82. The second kappa shape index (κ2) is 6.70. The van der Waals surface area contributed by atoms with Crippen LogP contribution in [0.2, 0.25) is 0 Å². The molecule has 0 atom stereocenters. The third kappa shape index (κ3) is 3.46. The lowest BCUT2D eigenvalue weighted by molar-refractivity contribution is 0.102. The van der Waals surface area contributed by atoms with E-state index in [0.29, 0.717) is 24.5 Å². The molecule has 1 saturated heterocycles. The predicted molar refractivity (Wildman–Crippen MR) is 86.0 cm³/mol. The van der Waals surface area contributed by atoms with Gasteiger partial charge in [-0.05, 0) is 37.1 Å². The number of carbonyl (C=O) groups is 1. The number of carbonyl (C=O) groups excluding carboxylic acids is 1. The first-order valence-corrected chi connectivity index (χ1v) is 9.12. The number of anilines is 1. The maximum absolute atomic E-state index is 12.6. The molecule has 1 aromatic carbocycles. The smallest absolute Gasteiger partial charge is 0.322 e. The molecule has 0 radical (unpaired) electrons. The van der Waals surface area contributed by atoms with E-state index in [2.05, 4.69) is 15.5 Å². The van der Waals surface area contributed by atoms with Crippen molar-refractivity contribution in [1.29, 1.82) is 0 Å². The van der Waals surface area contributed by atoms with Crippen LogP contribution in [0.1, 0.15) is 35.5 Å². The van der Waals surface area contributed by atoms with Gasteiger partial charge < -0.3 is 4.42 Å². The van der Waals surface area contributed by atoms with Crippen molar-refractivity contribution in [3.05, 3.63) is 35.7 Å². The van der Waals surface area contributed by atoms with E-state index >= 15 is 0 Å². The molecule has 8 nitrogen and oxygen atoms in total. The quantitative estimate of drug-likeness (QED) is 0.901.